The molecule has 1 aromatic heterocycles. The van der Waals surface area contributed by atoms with Crippen molar-refractivity contribution in [2.45, 2.75) is 20.4 Å². The first-order valence-electron chi connectivity index (χ1n) is 8.93. The second kappa shape index (κ2) is 7.01. The lowest BCUT2D eigenvalue weighted by Crippen LogP contribution is -2.01. The summed E-state index contributed by atoms with van der Waals surface area (Å²) in [5, 5.41) is 0. The van der Waals surface area contributed by atoms with Crippen LogP contribution in [0.2, 0.25) is 0 Å². The molecule has 0 unspecified atom stereocenters. The fraction of sp³-hybridized carbons (Fsp3) is 0.125. The topological polar surface area (TPSA) is 17.8 Å². The van der Waals surface area contributed by atoms with Gasteiger partial charge in [-0.3, -0.25) is 0 Å². The molecular weight excluding hydrogens is 316 g/mol. The molecule has 2 heteroatoms. The van der Waals surface area contributed by atoms with Crippen LogP contribution in [0.4, 0.5) is 0 Å². The van der Waals surface area contributed by atoms with Crippen LogP contribution in [0.15, 0.2) is 85.5 Å². The smallest absolute Gasteiger partial charge is 0.0949 e. The van der Waals surface area contributed by atoms with Crippen LogP contribution >= 0.6 is 0 Å². The van der Waals surface area contributed by atoms with Crippen molar-refractivity contribution in [3.63, 3.8) is 0 Å². The molecule has 0 spiro atoms. The van der Waals surface area contributed by atoms with E-state index >= 15 is 0 Å². The molecule has 0 atom stereocenters. The van der Waals surface area contributed by atoms with Gasteiger partial charge >= 0.3 is 0 Å². The maximum Gasteiger partial charge on any atom is 0.0949 e. The van der Waals surface area contributed by atoms with E-state index in [9.17, 15) is 0 Å². The maximum absolute atomic E-state index is 4.20. The monoisotopic (exact) mass is 338 g/mol. The van der Waals surface area contributed by atoms with Crippen LogP contribution in [0.1, 0.15) is 16.7 Å². The summed E-state index contributed by atoms with van der Waals surface area (Å²) in [6.07, 6.45) is 5.72. The quantitative estimate of drug-likeness (QED) is 0.454. The Morgan fingerprint density at radius 3 is 2.04 bits per heavy atom. The summed E-state index contributed by atoms with van der Waals surface area (Å²) in [7, 11) is 0. The minimum absolute atomic E-state index is 0.809. The SMILES string of the molecule is Cc1ccccc1-c1cccc(Cn2ccnc2)c1-c1ccccc1C. The van der Waals surface area contributed by atoms with Crippen LogP contribution in [-0.2, 0) is 6.54 Å². The zero-order valence-electron chi connectivity index (χ0n) is 15.2. The van der Waals surface area contributed by atoms with Crippen molar-refractivity contribution in [3.8, 4) is 22.3 Å². The Hall–Kier alpha value is -3.13. The normalized spacial score (nSPS) is 10.8. The molecule has 3 aromatic carbocycles. The number of nitrogens with zero attached hydrogens (tertiary/aromatic N) is 2. The highest BCUT2D eigenvalue weighted by Crippen LogP contribution is 2.38. The second-order valence-corrected chi connectivity index (χ2v) is 6.70. The minimum Gasteiger partial charge on any atom is -0.333 e. The highest BCUT2D eigenvalue weighted by atomic mass is 15.0. The van der Waals surface area contributed by atoms with Crippen molar-refractivity contribution in [1.82, 2.24) is 9.55 Å². The first-order valence-corrected chi connectivity index (χ1v) is 8.93. The van der Waals surface area contributed by atoms with Gasteiger partial charge in [0.25, 0.3) is 0 Å². The Balaban J connectivity index is 1.97. The number of rotatable bonds is 4. The maximum atomic E-state index is 4.20. The molecular formula is C24H22N2. The number of aryl methyl sites for hydroxylation is 2. The summed E-state index contributed by atoms with van der Waals surface area (Å²) >= 11 is 0. The minimum atomic E-state index is 0.809. The molecule has 0 radical (unpaired) electrons. The Morgan fingerprint density at radius 1 is 0.731 bits per heavy atom. The molecule has 4 rings (SSSR count). The lowest BCUT2D eigenvalue weighted by atomic mass is 9.87. The lowest BCUT2D eigenvalue weighted by Gasteiger charge is -2.19. The lowest BCUT2D eigenvalue weighted by molar-refractivity contribution is 0.799. The van der Waals surface area contributed by atoms with Gasteiger partial charge in [-0.15, -0.1) is 0 Å². The molecule has 128 valence electrons. The van der Waals surface area contributed by atoms with Gasteiger partial charge in [0.1, 0.15) is 0 Å². The standard InChI is InChI=1S/C24H22N2/c1-18-8-3-5-11-21(18)23-13-7-10-20(16-26-15-14-25-17-26)24(23)22-12-6-4-9-19(22)2/h3-15,17H,16H2,1-2H3. The van der Waals surface area contributed by atoms with E-state index in [0.29, 0.717) is 0 Å². The molecule has 26 heavy (non-hydrogen) atoms. The molecule has 4 aromatic rings. The van der Waals surface area contributed by atoms with Gasteiger partial charge in [-0.1, -0.05) is 66.7 Å². The average Bonchev–Trinajstić information content (AvgIpc) is 3.16. The van der Waals surface area contributed by atoms with E-state index < -0.39 is 0 Å². The third-order valence-electron chi connectivity index (χ3n) is 4.91. The molecule has 0 bridgehead atoms. The van der Waals surface area contributed by atoms with Gasteiger partial charge in [0.05, 0.1) is 6.33 Å². The van der Waals surface area contributed by atoms with Gasteiger partial charge in [0.2, 0.25) is 0 Å². The van der Waals surface area contributed by atoms with Crippen LogP contribution in [0.25, 0.3) is 22.3 Å². The summed E-state index contributed by atoms with van der Waals surface area (Å²) in [6.45, 7) is 5.17. The van der Waals surface area contributed by atoms with E-state index in [1.54, 1.807) is 0 Å². The van der Waals surface area contributed by atoms with Gasteiger partial charge in [0.15, 0.2) is 0 Å². The van der Waals surface area contributed by atoms with Crippen molar-refractivity contribution in [1.29, 1.82) is 0 Å². The second-order valence-electron chi connectivity index (χ2n) is 6.70. The number of imidazole rings is 1. The molecule has 0 aliphatic rings. The summed E-state index contributed by atoms with van der Waals surface area (Å²) in [5.74, 6) is 0. The summed E-state index contributed by atoms with van der Waals surface area (Å²) in [5.41, 5.74) is 9.07. The van der Waals surface area contributed by atoms with Gasteiger partial charge < -0.3 is 4.57 Å². The van der Waals surface area contributed by atoms with Crippen molar-refractivity contribution >= 4 is 0 Å². The van der Waals surface area contributed by atoms with Crippen molar-refractivity contribution in [3.05, 3.63) is 102 Å². The largest absolute Gasteiger partial charge is 0.333 e. The predicted octanol–water partition coefficient (Wildman–Crippen LogP) is 5.88. The highest BCUT2D eigenvalue weighted by molar-refractivity contribution is 5.88. The van der Waals surface area contributed by atoms with Gasteiger partial charge in [0, 0.05) is 18.9 Å². The fourth-order valence-electron chi connectivity index (χ4n) is 3.58. The Morgan fingerprint density at radius 2 is 1.38 bits per heavy atom. The summed E-state index contributed by atoms with van der Waals surface area (Å²) in [6, 6.07) is 23.9. The van der Waals surface area contributed by atoms with Gasteiger partial charge in [-0.05, 0) is 52.8 Å². The summed E-state index contributed by atoms with van der Waals surface area (Å²) in [4.78, 5) is 4.20. The molecule has 0 saturated heterocycles. The van der Waals surface area contributed by atoms with E-state index in [-0.39, 0.29) is 0 Å². The third-order valence-corrected chi connectivity index (χ3v) is 4.91. The van der Waals surface area contributed by atoms with E-state index in [4.69, 9.17) is 0 Å². The average molecular weight is 338 g/mol. The van der Waals surface area contributed by atoms with Crippen LogP contribution in [0.3, 0.4) is 0 Å². The van der Waals surface area contributed by atoms with Crippen LogP contribution < -0.4 is 0 Å². The molecule has 0 fully saturated rings. The molecule has 0 aliphatic carbocycles. The third kappa shape index (κ3) is 3.06. The molecule has 0 N–H and O–H groups in total. The van der Waals surface area contributed by atoms with E-state index in [1.807, 2.05) is 18.7 Å². The molecule has 0 amide bonds. The van der Waals surface area contributed by atoms with Crippen LogP contribution in [-0.4, -0.2) is 9.55 Å². The molecule has 2 nitrogen and oxygen atoms in total. The first kappa shape index (κ1) is 16.3. The zero-order valence-corrected chi connectivity index (χ0v) is 15.2. The Bertz CT molecular complexity index is 1030. The molecule has 0 aliphatic heterocycles. The highest BCUT2D eigenvalue weighted by Gasteiger charge is 2.15. The van der Waals surface area contributed by atoms with Gasteiger partial charge in [-0.2, -0.15) is 0 Å². The van der Waals surface area contributed by atoms with Gasteiger partial charge in [-0.25, -0.2) is 4.98 Å². The Kier molecular flexibility index (Phi) is 4.40. The predicted molar refractivity (Wildman–Crippen MR) is 108 cm³/mol. The Labute approximate surface area is 154 Å². The van der Waals surface area contributed by atoms with Crippen molar-refractivity contribution in [2.75, 3.05) is 0 Å². The van der Waals surface area contributed by atoms with Crippen LogP contribution in [0, 0.1) is 13.8 Å². The molecule has 0 saturated carbocycles. The van der Waals surface area contributed by atoms with E-state index in [0.717, 1.165) is 6.54 Å². The van der Waals surface area contributed by atoms with E-state index in [1.165, 1.54) is 38.9 Å². The zero-order chi connectivity index (χ0) is 17.9. The number of aromatic nitrogens is 2. The summed E-state index contributed by atoms with van der Waals surface area (Å²) < 4.78 is 2.12. The van der Waals surface area contributed by atoms with Crippen LogP contribution in [0.5, 0.6) is 0 Å². The van der Waals surface area contributed by atoms with Crippen molar-refractivity contribution in [2.24, 2.45) is 0 Å². The van der Waals surface area contributed by atoms with E-state index in [2.05, 4.69) is 90.1 Å². The number of benzene rings is 3. The fourth-order valence-corrected chi connectivity index (χ4v) is 3.58. The number of hydrogen-bond donors (Lipinski definition) is 0. The first-order chi connectivity index (χ1) is 12.7. The number of hydrogen-bond acceptors (Lipinski definition) is 1. The van der Waals surface area contributed by atoms with Crippen molar-refractivity contribution < 1.29 is 0 Å². The molecule has 1 heterocycles.